The molecule has 2 heterocycles. The van der Waals surface area contributed by atoms with E-state index in [1.54, 1.807) is 11.3 Å². The summed E-state index contributed by atoms with van der Waals surface area (Å²) in [5, 5.41) is 3.46. The van der Waals surface area contributed by atoms with Gasteiger partial charge in [-0.05, 0) is 42.7 Å². The van der Waals surface area contributed by atoms with E-state index in [0.717, 1.165) is 48.4 Å². The average molecular weight is 382 g/mol. The molecule has 0 bridgehead atoms. The summed E-state index contributed by atoms with van der Waals surface area (Å²) in [6.07, 6.45) is 1.86. The van der Waals surface area contributed by atoms with Gasteiger partial charge in [-0.15, -0.1) is 0 Å². The van der Waals surface area contributed by atoms with E-state index in [1.165, 1.54) is 5.56 Å². The highest BCUT2D eigenvalue weighted by atomic mass is 32.1. The quantitative estimate of drug-likeness (QED) is 0.705. The lowest BCUT2D eigenvalue weighted by Crippen LogP contribution is -2.46. The molecule has 0 aliphatic carbocycles. The van der Waals surface area contributed by atoms with Crippen LogP contribution >= 0.6 is 11.3 Å². The summed E-state index contributed by atoms with van der Waals surface area (Å²) < 4.78 is 7.02. The molecule has 140 valence electrons. The van der Waals surface area contributed by atoms with Crippen molar-refractivity contribution in [3.8, 4) is 10.9 Å². The minimum Gasteiger partial charge on any atom is -0.431 e. The number of thiazole rings is 1. The summed E-state index contributed by atoms with van der Waals surface area (Å²) in [5.41, 5.74) is 7.40. The molecule has 6 nitrogen and oxygen atoms in total. The van der Waals surface area contributed by atoms with Crippen LogP contribution in [0.5, 0.6) is 10.9 Å². The van der Waals surface area contributed by atoms with Gasteiger partial charge in [0.25, 0.3) is 5.19 Å². The number of piperidine rings is 1. The maximum Gasteiger partial charge on any atom is 0.312 e. The van der Waals surface area contributed by atoms with Crippen LogP contribution in [-0.2, 0) is 6.54 Å². The maximum absolute atomic E-state index is 10.9. The Hall–Kier alpha value is -2.64. The third kappa shape index (κ3) is 4.56. The fourth-order valence-electron chi connectivity index (χ4n) is 3.35. The van der Waals surface area contributed by atoms with Gasteiger partial charge in [-0.1, -0.05) is 35.6 Å². The van der Waals surface area contributed by atoms with Crippen molar-refractivity contribution in [1.82, 2.24) is 15.2 Å². The second kappa shape index (κ2) is 7.94. The fraction of sp³-hybridized carbons (Fsp3) is 0.300. The van der Waals surface area contributed by atoms with E-state index in [0.29, 0.717) is 5.19 Å². The van der Waals surface area contributed by atoms with Crippen molar-refractivity contribution in [3.63, 3.8) is 0 Å². The Morgan fingerprint density at radius 2 is 1.93 bits per heavy atom. The van der Waals surface area contributed by atoms with E-state index in [9.17, 15) is 4.79 Å². The van der Waals surface area contributed by atoms with E-state index in [4.69, 9.17) is 10.5 Å². The minimum absolute atomic E-state index is 0.198. The number of carbonyl (C=O) groups excluding carboxylic acids is 1. The molecule has 1 fully saturated rings. The van der Waals surface area contributed by atoms with E-state index >= 15 is 0 Å². The number of benzene rings is 2. The minimum atomic E-state index is -0.433. The van der Waals surface area contributed by atoms with Gasteiger partial charge < -0.3 is 15.8 Å². The van der Waals surface area contributed by atoms with E-state index < -0.39 is 6.03 Å². The Kier molecular flexibility index (Phi) is 5.22. The molecule has 1 saturated heterocycles. The van der Waals surface area contributed by atoms with E-state index in [1.807, 2.05) is 36.4 Å². The monoisotopic (exact) mass is 382 g/mol. The molecular weight excluding hydrogens is 360 g/mol. The first-order valence-corrected chi connectivity index (χ1v) is 9.88. The molecule has 2 aromatic carbocycles. The van der Waals surface area contributed by atoms with Gasteiger partial charge in [0.1, 0.15) is 5.75 Å². The topological polar surface area (TPSA) is 80.5 Å². The molecule has 1 aliphatic heterocycles. The highest BCUT2D eigenvalue weighted by molar-refractivity contribution is 7.20. The second-order valence-electron chi connectivity index (χ2n) is 6.75. The van der Waals surface area contributed by atoms with E-state index in [-0.39, 0.29) is 6.04 Å². The van der Waals surface area contributed by atoms with Crippen LogP contribution in [0.3, 0.4) is 0 Å². The summed E-state index contributed by atoms with van der Waals surface area (Å²) in [7, 11) is 0. The molecular formula is C20H22N4O2S. The average Bonchev–Trinajstić information content (AvgIpc) is 3.07. The number of rotatable bonds is 5. The second-order valence-corrected chi connectivity index (χ2v) is 7.75. The molecule has 0 saturated carbocycles. The third-order valence-corrected chi connectivity index (χ3v) is 5.66. The van der Waals surface area contributed by atoms with Crippen LogP contribution in [0.15, 0.2) is 48.5 Å². The summed E-state index contributed by atoms with van der Waals surface area (Å²) in [6.45, 7) is 2.80. The molecule has 0 unspecified atom stereocenters. The zero-order valence-corrected chi connectivity index (χ0v) is 15.7. The van der Waals surface area contributed by atoms with Crippen LogP contribution < -0.4 is 15.8 Å². The molecule has 4 rings (SSSR count). The van der Waals surface area contributed by atoms with Gasteiger partial charge in [0, 0.05) is 25.7 Å². The first-order chi connectivity index (χ1) is 13.2. The molecule has 3 N–H and O–H groups in total. The van der Waals surface area contributed by atoms with Gasteiger partial charge in [-0.2, -0.15) is 0 Å². The van der Waals surface area contributed by atoms with Crippen LogP contribution in [-0.4, -0.2) is 35.0 Å². The standard InChI is InChI=1S/C20H22N4O2S/c21-19(25)22-15-9-11-24(12-10-15)13-14-5-7-16(8-6-14)26-20-23-17-3-1-2-4-18(17)27-20/h1-8,15H,9-13H2,(H3,21,22,25). The molecule has 1 aliphatic rings. The summed E-state index contributed by atoms with van der Waals surface area (Å²) in [5.74, 6) is 0.794. The maximum atomic E-state index is 10.9. The Bertz CT molecular complexity index is 884. The Morgan fingerprint density at radius 1 is 1.19 bits per heavy atom. The Balaban J connectivity index is 1.32. The van der Waals surface area contributed by atoms with Gasteiger partial charge in [-0.3, -0.25) is 4.90 Å². The van der Waals surface area contributed by atoms with Gasteiger partial charge >= 0.3 is 6.03 Å². The number of urea groups is 1. The molecule has 2 amide bonds. The lowest BCUT2D eigenvalue weighted by molar-refractivity contribution is 0.189. The number of fused-ring (bicyclic) bond motifs is 1. The van der Waals surface area contributed by atoms with Crippen LogP contribution in [0.1, 0.15) is 18.4 Å². The number of carbonyl (C=O) groups is 1. The van der Waals surface area contributed by atoms with Gasteiger partial charge in [0.05, 0.1) is 10.2 Å². The van der Waals surface area contributed by atoms with Crippen molar-refractivity contribution < 1.29 is 9.53 Å². The Morgan fingerprint density at radius 3 is 2.63 bits per heavy atom. The molecule has 0 atom stereocenters. The highest BCUT2D eigenvalue weighted by Gasteiger charge is 2.19. The number of hydrogen-bond donors (Lipinski definition) is 2. The molecule has 27 heavy (non-hydrogen) atoms. The van der Waals surface area contributed by atoms with Gasteiger partial charge in [-0.25, -0.2) is 9.78 Å². The van der Waals surface area contributed by atoms with Crippen molar-refractivity contribution in [1.29, 1.82) is 0 Å². The Labute approximate surface area is 162 Å². The molecule has 7 heteroatoms. The van der Waals surface area contributed by atoms with Crippen LogP contribution in [0.2, 0.25) is 0 Å². The number of nitrogens with two attached hydrogens (primary N) is 1. The first kappa shape index (κ1) is 17.8. The highest BCUT2D eigenvalue weighted by Crippen LogP contribution is 2.31. The zero-order valence-electron chi connectivity index (χ0n) is 14.9. The van der Waals surface area contributed by atoms with Gasteiger partial charge in [0.2, 0.25) is 0 Å². The lowest BCUT2D eigenvalue weighted by atomic mass is 10.0. The van der Waals surface area contributed by atoms with Crippen molar-refractivity contribution in [2.45, 2.75) is 25.4 Å². The normalized spacial score (nSPS) is 15.7. The fourth-order valence-corrected chi connectivity index (χ4v) is 4.19. The summed E-state index contributed by atoms with van der Waals surface area (Å²) in [4.78, 5) is 17.8. The smallest absolute Gasteiger partial charge is 0.312 e. The van der Waals surface area contributed by atoms with Crippen molar-refractivity contribution in [2.24, 2.45) is 5.73 Å². The van der Waals surface area contributed by atoms with Crippen LogP contribution in [0.4, 0.5) is 4.79 Å². The number of aromatic nitrogens is 1. The molecule has 0 spiro atoms. The van der Waals surface area contributed by atoms with Crippen molar-refractivity contribution >= 4 is 27.6 Å². The number of nitrogens with one attached hydrogen (secondary N) is 1. The largest absolute Gasteiger partial charge is 0.431 e. The number of likely N-dealkylation sites (tertiary alicyclic amines) is 1. The number of ether oxygens (including phenoxy) is 1. The first-order valence-electron chi connectivity index (χ1n) is 9.06. The van der Waals surface area contributed by atoms with Crippen LogP contribution in [0, 0.1) is 0 Å². The number of primary amides is 1. The van der Waals surface area contributed by atoms with Crippen LogP contribution in [0.25, 0.3) is 10.2 Å². The van der Waals surface area contributed by atoms with Gasteiger partial charge in [0.15, 0.2) is 0 Å². The summed E-state index contributed by atoms with van der Waals surface area (Å²) >= 11 is 1.55. The number of hydrogen-bond acceptors (Lipinski definition) is 5. The zero-order chi connectivity index (χ0) is 18.6. The molecule has 0 radical (unpaired) electrons. The number of amides is 2. The summed E-state index contributed by atoms with van der Waals surface area (Å²) in [6, 6.07) is 16.0. The van der Waals surface area contributed by atoms with Crippen molar-refractivity contribution in [2.75, 3.05) is 13.1 Å². The number of para-hydroxylation sites is 1. The predicted octanol–water partition coefficient (Wildman–Crippen LogP) is 3.72. The molecule has 1 aromatic heterocycles. The third-order valence-electron chi connectivity index (χ3n) is 4.74. The van der Waals surface area contributed by atoms with Crippen molar-refractivity contribution in [3.05, 3.63) is 54.1 Å². The number of nitrogens with zero attached hydrogens (tertiary/aromatic N) is 2. The SMILES string of the molecule is NC(=O)NC1CCN(Cc2ccc(Oc3nc4ccccc4s3)cc2)CC1. The van der Waals surface area contributed by atoms with E-state index in [2.05, 4.69) is 27.3 Å². The predicted molar refractivity (Wildman–Crippen MR) is 107 cm³/mol. The lowest BCUT2D eigenvalue weighted by Gasteiger charge is -2.32. The molecule has 3 aromatic rings.